The number of halogens is 2. The van der Waals surface area contributed by atoms with E-state index in [9.17, 15) is 23.2 Å². The van der Waals surface area contributed by atoms with Crippen LogP contribution >= 0.6 is 23.1 Å². The van der Waals surface area contributed by atoms with E-state index in [-0.39, 0.29) is 11.4 Å². The lowest BCUT2D eigenvalue weighted by atomic mass is 10.3. The number of ether oxygens (including phenoxy) is 1. The van der Waals surface area contributed by atoms with E-state index in [1.807, 2.05) is 0 Å². The molecule has 1 atom stereocenters. The summed E-state index contributed by atoms with van der Waals surface area (Å²) < 4.78 is 30.8. The van der Waals surface area contributed by atoms with Crippen molar-refractivity contribution in [3.05, 3.63) is 45.0 Å². The van der Waals surface area contributed by atoms with Gasteiger partial charge in [-0.1, -0.05) is 23.1 Å². The van der Waals surface area contributed by atoms with Crippen LogP contribution in [0.25, 0.3) is 0 Å². The summed E-state index contributed by atoms with van der Waals surface area (Å²) in [5.41, 5.74) is 1.03. The number of carbonyl (C=O) groups excluding carboxylic acids is 2. The maximum Gasteiger partial charge on any atom is 0.326 e. The molecule has 6 nitrogen and oxygen atoms in total. The first-order valence-electron chi connectivity index (χ1n) is 7.46. The van der Waals surface area contributed by atoms with Crippen molar-refractivity contribution in [2.24, 2.45) is 0 Å². The Morgan fingerprint density at radius 3 is 2.50 bits per heavy atom. The van der Waals surface area contributed by atoms with Crippen molar-refractivity contribution in [2.45, 2.75) is 37.1 Å². The van der Waals surface area contributed by atoms with Gasteiger partial charge in [-0.05, 0) is 38.1 Å². The molecule has 10 heteroatoms. The zero-order valence-corrected chi connectivity index (χ0v) is 15.5. The predicted octanol–water partition coefficient (Wildman–Crippen LogP) is 3.10. The highest BCUT2D eigenvalue weighted by Gasteiger charge is 2.19. The molecule has 2 aromatic rings. The summed E-state index contributed by atoms with van der Waals surface area (Å²) in [5.74, 6) is -3.80. The van der Waals surface area contributed by atoms with Crippen LogP contribution in [0.3, 0.4) is 0 Å². The number of benzene rings is 1. The molecule has 1 aromatic carbocycles. The van der Waals surface area contributed by atoms with Gasteiger partial charge in [-0.15, -0.1) is 0 Å². The number of alkyl halides is 2. The van der Waals surface area contributed by atoms with E-state index in [4.69, 9.17) is 4.74 Å². The Kier molecular flexibility index (Phi) is 6.92. The summed E-state index contributed by atoms with van der Waals surface area (Å²) in [5, 5.41) is 4.16. The summed E-state index contributed by atoms with van der Waals surface area (Å²) in [6, 6.07) is 5.86. The maximum absolute atomic E-state index is 12.3. The van der Waals surface area contributed by atoms with Crippen molar-refractivity contribution >= 4 is 40.7 Å². The number of nitrogens with zero attached hydrogens (tertiary/aromatic N) is 1. The number of carbonyl (C=O) groups is 2. The van der Waals surface area contributed by atoms with Gasteiger partial charge in [0.1, 0.15) is 6.54 Å². The zero-order valence-electron chi connectivity index (χ0n) is 13.9. The van der Waals surface area contributed by atoms with Gasteiger partial charge in [-0.25, -0.2) is 0 Å². The minimum atomic E-state index is -2.52. The SMILES string of the molecule is Cc1csc(=O)n1CC(=O)O[C@@H](C)C(=O)Nc1ccc(SC(F)F)cc1. The third-order valence-corrected chi connectivity index (χ3v) is 4.89. The lowest BCUT2D eigenvalue weighted by Gasteiger charge is -2.14. The number of hydrogen-bond donors (Lipinski definition) is 1. The molecule has 1 N–H and O–H groups in total. The molecule has 0 spiro atoms. The Hall–Kier alpha value is -2.20. The molecule has 2 rings (SSSR count). The van der Waals surface area contributed by atoms with Crippen LogP contribution in [0.4, 0.5) is 14.5 Å². The quantitative estimate of drug-likeness (QED) is 0.569. The van der Waals surface area contributed by atoms with Gasteiger partial charge < -0.3 is 10.1 Å². The highest BCUT2D eigenvalue weighted by atomic mass is 32.2. The van der Waals surface area contributed by atoms with E-state index in [0.29, 0.717) is 28.0 Å². The van der Waals surface area contributed by atoms with Gasteiger partial charge in [0.05, 0.1) is 0 Å². The first kappa shape index (κ1) is 20.1. The first-order valence-corrected chi connectivity index (χ1v) is 9.22. The number of hydrogen-bond acceptors (Lipinski definition) is 6. The molecule has 0 saturated heterocycles. The third kappa shape index (κ3) is 5.67. The number of anilines is 1. The highest BCUT2D eigenvalue weighted by molar-refractivity contribution is 7.99. The molecule has 0 unspecified atom stereocenters. The van der Waals surface area contributed by atoms with Crippen molar-refractivity contribution in [1.82, 2.24) is 4.57 Å². The summed E-state index contributed by atoms with van der Waals surface area (Å²) in [6.07, 6.45) is -1.08. The van der Waals surface area contributed by atoms with Crippen molar-refractivity contribution in [1.29, 1.82) is 0 Å². The molecular formula is C16H16F2N2O4S2. The fraction of sp³-hybridized carbons (Fsp3) is 0.312. The Labute approximate surface area is 156 Å². The fourth-order valence-electron chi connectivity index (χ4n) is 1.98. The van der Waals surface area contributed by atoms with Gasteiger partial charge in [-0.2, -0.15) is 8.78 Å². The second kappa shape index (κ2) is 8.95. The molecule has 140 valence electrons. The van der Waals surface area contributed by atoms with Crippen molar-refractivity contribution in [2.75, 3.05) is 5.32 Å². The smallest absolute Gasteiger partial charge is 0.326 e. The topological polar surface area (TPSA) is 77.4 Å². The van der Waals surface area contributed by atoms with E-state index in [1.165, 1.54) is 35.8 Å². The van der Waals surface area contributed by atoms with Crippen molar-refractivity contribution < 1.29 is 23.1 Å². The molecule has 0 aliphatic heterocycles. The van der Waals surface area contributed by atoms with Crippen LogP contribution in [0.2, 0.25) is 0 Å². The number of aromatic nitrogens is 1. The average molecular weight is 402 g/mol. The van der Waals surface area contributed by atoms with E-state index >= 15 is 0 Å². The van der Waals surface area contributed by atoms with E-state index in [0.717, 1.165) is 11.3 Å². The van der Waals surface area contributed by atoms with Crippen molar-refractivity contribution in [3.8, 4) is 0 Å². The lowest BCUT2D eigenvalue weighted by Crippen LogP contribution is -2.32. The van der Waals surface area contributed by atoms with Gasteiger partial charge in [0.25, 0.3) is 11.7 Å². The molecule has 1 aromatic heterocycles. The minimum absolute atomic E-state index is 0.272. The second-order valence-corrected chi connectivity index (χ2v) is 7.14. The van der Waals surface area contributed by atoms with Crippen LogP contribution in [0, 0.1) is 6.92 Å². The maximum atomic E-state index is 12.3. The van der Waals surface area contributed by atoms with E-state index in [1.54, 1.807) is 12.3 Å². The first-order chi connectivity index (χ1) is 12.3. The van der Waals surface area contributed by atoms with Crippen LogP contribution in [-0.4, -0.2) is 28.3 Å². The molecule has 0 radical (unpaired) electrons. The molecule has 0 saturated carbocycles. The van der Waals surface area contributed by atoms with Gasteiger partial charge in [0, 0.05) is 21.7 Å². The normalized spacial score (nSPS) is 12.0. The van der Waals surface area contributed by atoms with Crippen LogP contribution < -0.4 is 10.2 Å². The number of nitrogens with one attached hydrogen (secondary N) is 1. The highest BCUT2D eigenvalue weighted by Crippen LogP contribution is 2.26. The number of thiazole rings is 1. The van der Waals surface area contributed by atoms with Crippen molar-refractivity contribution in [3.63, 3.8) is 0 Å². The van der Waals surface area contributed by atoms with E-state index in [2.05, 4.69) is 5.32 Å². The molecule has 0 fully saturated rings. The van der Waals surface area contributed by atoms with Gasteiger partial charge in [0.15, 0.2) is 6.10 Å². The Morgan fingerprint density at radius 1 is 1.31 bits per heavy atom. The van der Waals surface area contributed by atoms with Gasteiger partial charge in [-0.3, -0.25) is 19.0 Å². The zero-order chi connectivity index (χ0) is 19.3. The van der Waals surface area contributed by atoms with Crippen LogP contribution in [0.1, 0.15) is 12.6 Å². The van der Waals surface area contributed by atoms with Crippen LogP contribution in [0.5, 0.6) is 0 Å². The molecule has 0 aliphatic carbocycles. The number of rotatable bonds is 7. The summed E-state index contributed by atoms with van der Waals surface area (Å²) in [6.45, 7) is 2.82. The largest absolute Gasteiger partial charge is 0.451 e. The van der Waals surface area contributed by atoms with E-state index < -0.39 is 23.7 Å². The molecule has 0 bridgehead atoms. The predicted molar refractivity (Wildman–Crippen MR) is 95.8 cm³/mol. The van der Waals surface area contributed by atoms with Crippen LogP contribution in [0.15, 0.2) is 39.3 Å². The number of thioether (sulfide) groups is 1. The summed E-state index contributed by atoms with van der Waals surface area (Å²) in [7, 11) is 0. The number of esters is 1. The monoisotopic (exact) mass is 402 g/mol. The second-order valence-electron chi connectivity index (χ2n) is 5.25. The van der Waals surface area contributed by atoms with Crippen LogP contribution in [-0.2, 0) is 20.9 Å². The molecular weight excluding hydrogens is 386 g/mol. The molecule has 0 aliphatic rings. The standard InChI is InChI=1S/C16H16F2N2O4S2/c1-9-8-25-16(23)20(9)7-13(21)24-10(2)14(22)19-11-3-5-12(6-4-11)26-15(17)18/h3-6,8,10,15H,7H2,1-2H3,(H,19,22)/t10-/m0/s1. The number of aryl methyl sites for hydroxylation is 1. The summed E-state index contributed by atoms with van der Waals surface area (Å²) >= 11 is 1.38. The summed E-state index contributed by atoms with van der Waals surface area (Å²) in [4.78, 5) is 35.6. The Balaban J connectivity index is 1.88. The Morgan fingerprint density at radius 2 is 1.96 bits per heavy atom. The molecule has 1 heterocycles. The minimum Gasteiger partial charge on any atom is -0.451 e. The average Bonchev–Trinajstić information content (AvgIpc) is 2.88. The van der Waals surface area contributed by atoms with Gasteiger partial charge in [0.2, 0.25) is 0 Å². The molecule has 1 amide bonds. The number of amides is 1. The Bertz CT molecular complexity index is 834. The third-order valence-electron chi connectivity index (χ3n) is 3.29. The lowest BCUT2D eigenvalue weighted by molar-refractivity contribution is -0.153. The fourth-order valence-corrected chi connectivity index (χ4v) is 3.21. The molecule has 26 heavy (non-hydrogen) atoms. The van der Waals surface area contributed by atoms with Gasteiger partial charge >= 0.3 is 10.8 Å².